The molecule has 0 saturated carbocycles. The highest BCUT2D eigenvalue weighted by Gasteiger charge is 2.28. The minimum atomic E-state index is -3.13. The molecule has 1 aromatic carbocycles. The molecule has 5 heteroatoms. The molecule has 88 valence electrons. The Morgan fingerprint density at radius 1 is 1.44 bits per heavy atom. The van der Waals surface area contributed by atoms with Crippen molar-refractivity contribution in [3.63, 3.8) is 0 Å². The molecule has 0 fully saturated rings. The molecular formula is C11H14BrNO2S. The Bertz CT molecular complexity index is 499. The fraction of sp³-hybridized carbons (Fsp3) is 0.455. The highest BCUT2D eigenvalue weighted by atomic mass is 79.9. The lowest BCUT2D eigenvalue weighted by atomic mass is 10.2. The summed E-state index contributed by atoms with van der Waals surface area (Å²) in [6.07, 6.45) is 1.47. The number of benzene rings is 1. The maximum Gasteiger partial charge on any atom is 0.235 e. The fourth-order valence-electron chi connectivity index (χ4n) is 1.98. The van der Waals surface area contributed by atoms with E-state index in [9.17, 15) is 8.42 Å². The monoisotopic (exact) mass is 303 g/mol. The molecule has 0 spiro atoms. The largest absolute Gasteiger partial charge is 0.270 e. The van der Waals surface area contributed by atoms with Crippen LogP contribution in [0.25, 0.3) is 0 Å². The van der Waals surface area contributed by atoms with Crippen molar-refractivity contribution in [3.8, 4) is 0 Å². The van der Waals surface area contributed by atoms with Crippen LogP contribution in [0.5, 0.6) is 0 Å². The first-order valence-corrected chi connectivity index (χ1v) is 7.73. The number of hydrogen-bond acceptors (Lipinski definition) is 2. The van der Waals surface area contributed by atoms with Crippen molar-refractivity contribution in [3.05, 3.63) is 28.2 Å². The van der Waals surface area contributed by atoms with Crippen LogP contribution in [0, 0.1) is 0 Å². The van der Waals surface area contributed by atoms with Gasteiger partial charge in [-0.2, -0.15) is 0 Å². The highest BCUT2D eigenvalue weighted by Crippen LogP contribution is 2.32. The van der Waals surface area contributed by atoms with Crippen molar-refractivity contribution in [2.45, 2.75) is 19.8 Å². The van der Waals surface area contributed by atoms with Crippen LogP contribution in [0.15, 0.2) is 22.7 Å². The molecule has 16 heavy (non-hydrogen) atoms. The Morgan fingerprint density at radius 3 is 2.88 bits per heavy atom. The van der Waals surface area contributed by atoms with Gasteiger partial charge < -0.3 is 0 Å². The van der Waals surface area contributed by atoms with E-state index in [0.717, 1.165) is 22.1 Å². The first-order valence-electron chi connectivity index (χ1n) is 5.33. The summed E-state index contributed by atoms with van der Waals surface area (Å²) in [5.74, 6) is 0.221. The molecule has 0 aliphatic carbocycles. The van der Waals surface area contributed by atoms with Crippen LogP contribution in [-0.4, -0.2) is 20.7 Å². The lowest BCUT2D eigenvalue weighted by Gasteiger charge is -2.19. The standard InChI is InChI=1S/C11H14BrNO2S/c1-2-7-16(14,15)13-6-5-9-3-4-10(12)8-11(9)13/h3-4,8H,2,5-7H2,1H3. The van der Waals surface area contributed by atoms with Crippen LogP contribution >= 0.6 is 15.9 Å². The Labute approximate surface area is 105 Å². The van der Waals surface area contributed by atoms with Crippen molar-refractivity contribution in [1.29, 1.82) is 0 Å². The number of nitrogens with zero attached hydrogens (tertiary/aromatic N) is 1. The van der Waals surface area contributed by atoms with Crippen LogP contribution in [0.1, 0.15) is 18.9 Å². The molecule has 0 aromatic heterocycles. The maximum absolute atomic E-state index is 12.0. The van der Waals surface area contributed by atoms with Gasteiger partial charge in [-0.25, -0.2) is 8.42 Å². The summed E-state index contributed by atoms with van der Waals surface area (Å²) in [5.41, 5.74) is 1.95. The van der Waals surface area contributed by atoms with Crippen LogP contribution in [0.3, 0.4) is 0 Å². The Hall–Kier alpha value is -0.550. The SMILES string of the molecule is CCCS(=O)(=O)N1CCc2ccc(Br)cc21. The van der Waals surface area contributed by atoms with E-state index in [-0.39, 0.29) is 5.75 Å². The summed E-state index contributed by atoms with van der Waals surface area (Å²) < 4.78 is 26.5. The molecule has 0 radical (unpaired) electrons. The highest BCUT2D eigenvalue weighted by molar-refractivity contribution is 9.10. The summed E-state index contributed by atoms with van der Waals surface area (Å²) in [7, 11) is -3.13. The van der Waals surface area contributed by atoms with Crippen LogP contribution in [-0.2, 0) is 16.4 Å². The second-order valence-corrected chi connectivity index (χ2v) is 6.84. The number of hydrogen-bond donors (Lipinski definition) is 0. The minimum Gasteiger partial charge on any atom is -0.270 e. The van der Waals surface area contributed by atoms with Crippen molar-refractivity contribution < 1.29 is 8.42 Å². The molecule has 1 heterocycles. The molecule has 0 bridgehead atoms. The molecule has 1 aliphatic rings. The van der Waals surface area contributed by atoms with Gasteiger partial charge >= 0.3 is 0 Å². The number of fused-ring (bicyclic) bond motifs is 1. The summed E-state index contributed by atoms with van der Waals surface area (Å²) in [4.78, 5) is 0. The predicted molar refractivity (Wildman–Crippen MR) is 69.3 cm³/mol. The van der Waals surface area contributed by atoms with E-state index in [2.05, 4.69) is 15.9 Å². The Kier molecular flexibility index (Phi) is 3.26. The van der Waals surface area contributed by atoms with Gasteiger partial charge in [0, 0.05) is 11.0 Å². The first-order chi connectivity index (χ1) is 7.54. The minimum absolute atomic E-state index is 0.221. The fourth-order valence-corrected chi connectivity index (χ4v) is 3.90. The zero-order valence-electron chi connectivity index (χ0n) is 9.11. The Balaban J connectivity index is 2.40. The third-order valence-electron chi connectivity index (χ3n) is 2.70. The molecule has 0 N–H and O–H groups in total. The summed E-state index contributed by atoms with van der Waals surface area (Å²) in [5, 5.41) is 0. The van der Waals surface area contributed by atoms with Gasteiger partial charge in [0.1, 0.15) is 0 Å². The summed E-state index contributed by atoms with van der Waals surface area (Å²) in [6, 6.07) is 5.82. The molecule has 0 saturated heterocycles. The van der Waals surface area contributed by atoms with Crippen LogP contribution in [0.2, 0.25) is 0 Å². The van der Waals surface area contributed by atoms with E-state index >= 15 is 0 Å². The van der Waals surface area contributed by atoms with Crippen molar-refractivity contribution >= 4 is 31.6 Å². The van der Waals surface area contributed by atoms with E-state index in [4.69, 9.17) is 0 Å². The molecule has 3 nitrogen and oxygen atoms in total. The molecule has 1 aromatic rings. The Morgan fingerprint density at radius 2 is 2.19 bits per heavy atom. The van der Waals surface area contributed by atoms with Gasteiger partial charge in [0.15, 0.2) is 0 Å². The number of halogens is 1. The molecule has 0 amide bonds. The first kappa shape index (κ1) is 11.9. The van der Waals surface area contributed by atoms with Gasteiger partial charge in [0.2, 0.25) is 10.0 Å². The number of anilines is 1. The van der Waals surface area contributed by atoms with Crippen LogP contribution in [0.4, 0.5) is 5.69 Å². The maximum atomic E-state index is 12.0. The van der Waals surface area contributed by atoms with Crippen molar-refractivity contribution in [2.75, 3.05) is 16.6 Å². The van der Waals surface area contributed by atoms with E-state index < -0.39 is 10.0 Å². The topological polar surface area (TPSA) is 37.4 Å². The lowest BCUT2D eigenvalue weighted by molar-refractivity contribution is 0.591. The average Bonchev–Trinajstić information content (AvgIpc) is 2.60. The van der Waals surface area contributed by atoms with E-state index in [1.54, 1.807) is 0 Å². The van der Waals surface area contributed by atoms with Crippen LogP contribution < -0.4 is 4.31 Å². The second kappa shape index (κ2) is 4.37. The van der Waals surface area contributed by atoms with Gasteiger partial charge in [-0.15, -0.1) is 0 Å². The number of sulfonamides is 1. The molecule has 1 aliphatic heterocycles. The summed E-state index contributed by atoms with van der Waals surface area (Å²) >= 11 is 3.38. The van der Waals surface area contributed by atoms with E-state index in [1.165, 1.54) is 4.31 Å². The third-order valence-corrected chi connectivity index (χ3v) is 5.17. The average molecular weight is 304 g/mol. The van der Waals surface area contributed by atoms with Gasteiger partial charge in [-0.1, -0.05) is 28.9 Å². The zero-order chi connectivity index (χ0) is 11.8. The molecule has 0 unspecified atom stereocenters. The second-order valence-electron chi connectivity index (χ2n) is 3.91. The van der Waals surface area contributed by atoms with Gasteiger partial charge in [-0.3, -0.25) is 4.31 Å². The molecule has 2 rings (SSSR count). The molecular weight excluding hydrogens is 290 g/mol. The van der Waals surface area contributed by atoms with E-state index in [1.807, 2.05) is 25.1 Å². The predicted octanol–water partition coefficient (Wildman–Crippen LogP) is 2.55. The van der Waals surface area contributed by atoms with Crippen molar-refractivity contribution in [1.82, 2.24) is 0 Å². The number of rotatable bonds is 3. The summed E-state index contributed by atoms with van der Waals surface area (Å²) in [6.45, 7) is 2.46. The van der Waals surface area contributed by atoms with Crippen molar-refractivity contribution in [2.24, 2.45) is 0 Å². The third kappa shape index (κ3) is 2.11. The van der Waals surface area contributed by atoms with Gasteiger partial charge in [0.05, 0.1) is 11.4 Å². The quantitative estimate of drug-likeness (QED) is 0.860. The lowest BCUT2D eigenvalue weighted by Crippen LogP contribution is -2.31. The van der Waals surface area contributed by atoms with E-state index in [0.29, 0.717) is 13.0 Å². The molecule has 0 atom stereocenters. The van der Waals surface area contributed by atoms with Gasteiger partial charge in [-0.05, 0) is 30.5 Å². The smallest absolute Gasteiger partial charge is 0.235 e. The zero-order valence-corrected chi connectivity index (χ0v) is 11.5. The normalized spacial score (nSPS) is 15.2. The van der Waals surface area contributed by atoms with Gasteiger partial charge in [0.25, 0.3) is 0 Å².